The summed E-state index contributed by atoms with van der Waals surface area (Å²) in [7, 11) is 1.77. The molecule has 2 aliphatic rings. The molecule has 2 rings (SSSR count). The van der Waals surface area contributed by atoms with Crippen LogP contribution in [-0.4, -0.2) is 7.11 Å². The second-order valence-electron chi connectivity index (χ2n) is 7.38. The van der Waals surface area contributed by atoms with Crippen LogP contribution in [0.5, 0.6) is 0 Å². The lowest BCUT2D eigenvalue weighted by molar-refractivity contribution is 0.118. The summed E-state index contributed by atoms with van der Waals surface area (Å²) in [6.07, 6.45) is 12.1. The summed E-state index contributed by atoms with van der Waals surface area (Å²) in [6.45, 7) is 15.1. The molecule has 23 heavy (non-hydrogen) atoms. The summed E-state index contributed by atoms with van der Waals surface area (Å²) in [5, 5.41) is 0. The molecule has 0 fully saturated rings. The second kappa shape index (κ2) is 8.04. The number of hydrogen-bond acceptors (Lipinski definition) is 1. The van der Waals surface area contributed by atoms with Crippen molar-refractivity contribution in [2.75, 3.05) is 7.11 Å². The molecule has 4 atom stereocenters. The quantitative estimate of drug-likeness (QED) is 0.404. The smallest absolute Gasteiger partial charge is 0.0921 e. The van der Waals surface area contributed by atoms with Gasteiger partial charge in [-0.25, -0.2) is 0 Å². The van der Waals surface area contributed by atoms with Crippen LogP contribution in [0.3, 0.4) is 0 Å². The molecule has 1 heteroatoms. The van der Waals surface area contributed by atoms with E-state index in [-0.39, 0.29) is 0 Å². The maximum absolute atomic E-state index is 5.58. The molecule has 2 aliphatic carbocycles. The number of methoxy groups -OCH3 is 1. The number of ether oxygens (including phenoxy) is 1. The van der Waals surface area contributed by atoms with Gasteiger partial charge in [-0.1, -0.05) is 56.7 Å². The van der Waals surface area contributed by atoms with E-state index in [1.807, 2.05) is 0 Å². The molecule has 0 aromatic rings. The fourth-order valence-corrected chi connectivity index (χ4v) is 4.57. The van der Waals surface area contributed by atoms with Gasteiger partial charge < -0.3 is 4.74 Å². The predicted molar refractivity (Wildman–Crippen MR) is 100 cm³/mol. The number of allylic oxidation sites excluding steroid dienone is 6. The average Bonchev–Trinajstić information content (AvgIpc) is 2.59. The van der Waals surface area contributed by atoms with Gasteiger partial charge in [-0.05, 0) is 62.4 Å². The predicted octanol–water partition coefficient (Wildman–Crippen LogP) is 6.45. The van der Waals surface area contributed by atoms with Gasteiger partial charge in [0.05, 0.1) is 12.9 Å². The molecular weight excluding hydrogens is 280 g/mol. The zero-order valence-electron chi connectivity index (χ0n) is 15.5. The van der Waals surface area contributed by atoms with Crippen molar-refractivity contribution in [1.29, 1.82) is 0 Å². The van der Waals surface area contributed by atoms with Gasteiger partial charge in [0.25, 0.3) is 0 Å². The molecule has 128 valence electrons. The normalized spacial score (nSPS) is 31.1. The molecule has 0 amide bonds. The van der Waals surface area contributed by atoms with E-state index >= 15 is 0 Å². The summed E-state index contributed by atoms with van der Waals surface area (Å²) < 4.78 is 5.58. The first kappa shape index (κ1) is 18.1. The minimum absolute atomic E-state index is 0.437. The minimum atomic E-state index is 0.437. The van der Waals surface area contributed by atoms with Crippen LogP contribution < -0.4 is 0 Å². The van der Waals surface area contributed by atoms with Crippen LogP contribution in [0.25, 0.3) is 0 Å². The molecule has 0 saturated carbocycles. The highest BCUT2D eigenvalue weighted by atomic mass is 16.5. The first-order valence-corrected chi connectivity index (χ1v) is 9.27. The molecule has 3 unspecified atom stereocenters. The maximum Gasteiger partial charge on any atom is 0.0921 e. The Hall–Kier alpha value is -1.24. The summed E-state index contributed by atoms with van der Waals surface area (Å²) in [5.74, 6) is 3.63. The molecule has 0 N–H and O–H groups in total. The van der Waals surface area contributed by atoms with Crippen molar-refractivity contribution in [2.24, 2.45) is 23.7 Å². The lowest BCUT2D eigenvalue weighted by atomic mass is 9.63. The molecule has 1 nitrogen and oxygen atoms in total. The number of rotatable bonds is 6. The lowest BCUT2D eigenvalue weighted by Gasteiger charge is -2.42. The van der Waals surface area contributed by atoms with E-state index in [2.05, 4.69) is 46.1 Å². The van der Waals surface area contributed by atoms with Crippen molar-refractivity contribution in [3.63, 3.8) is 0 Å². The Morgan fingerprint density at radius 1 is 1.13 bits per heavy atom. The van der Waals surface area contributed by atoms with Gasteiger partial charge in [0, 0.05) is 5.92 Å². The van der Waals surface area contributed by atoms with Crippen molar-refractivity contribution in [3.05, 3.63) is 47.8 Å². The molecular formula is C22H34O. The molecule has 0 aromatic heterocycles. The third kappa shape index (κ3) is 4.00. The van der Waals surface area contributed by atoms with Crippen molar-refractivity contribution in [1.82, 2.24) is 0 Å². The van der Waals surface area contributed by atoms with Crippen LogP contribution in [0.1, 0.15) is 59.3 Å². The van der Waals surface area contributed by atoms with Crippen LogP contribution >= 0.6 is 0 Å². The Morgan fingerprint density at radius 3 is 2.39 bits per heavy atom. The Kier molecular flexibility index (Phi) is 6.33. The highest BCUT2D eigenvalue weighted by Crippen LogP contribution is 2.47. The first-order chi connectivity index (χ1) is 11.0. The highest BCUT2D eigenvalue weighted by molar-refractivity contribution is 5.30. The van der Waals surface area contributed by atoms with Crippen LogP contribution in [-0.2, 0) is 4.74 Å². The van der Waals surface area contributed by atoms with Crippen molar-refractivity contribution in [2.45, 2.75) is 59.3 Å². The molecule has 0 aliphatic heterocycles. The monoisotopic (exact) mass is 314 g/mol. The van der Waals surface area contributed by atoms with Gasteiger partial charge in [-0.3, -0.25) is 0 Å². The highest BCUT2D eigenvalue weighted by Gasteiger charge is 2.38. The fraction of sp³-hybridized carbons (Fsp3) is 0.636. The first-order valence-electron chi connectivity index (χ1n) is 9.27. The summed E-state index contributed by atoms with van der Waals surface area (Å²) in [6, 6.07) is 0. The van der Waals surface area contributed by atoms with Gasteiger partial charge in [-0.15, -0.1) is 0 Å². The van der Waals surface area contributed by atoms with Gasteiger partial charge >= 0.3 is 0 Å². The van der Waals surface area contributed by atoms with Gasteiger partial charge in [-0.2, -0.15) is 0 Å². The summed E-state index contributed by atoms with van der Waals surface area (Å²) in [5.41, 5.74) is 4.25. The molecule has 0 spiro atoms. The Morgan fingerprint density at radius 2 is 1.83 bits per heavy atom. The average molecular weight is 315 g/mol. The second-order valence-corrected chi connectivity index (χ2v) is 7.38. The summed E-state index contributed by atoms with van der Waals surface area (Å²) >= 11 is 0. The lowest BCUT2D eigenvalue weighted by Crippen LogP contribution is -2.34. The third-order valence-corrected chi connectivity index (χ3v) is 6.15. The Labute approximate surface area is 143 Å². The van der Waals surface area contributed by atoms with Crippen LogP contribution in [0.15, 0.2) is 47.8 Å². The standard InChI is InChI=1S/C22H34O/c1-7-17-9-11-20(18(8-2)13-17)21-12-10-19(15(3)4)14-22(21)16(5)23-6/h9-10,18,20-22H,3,5,7-8,11-14H2,1-2,4,6H3/t18?,20-,21?,22?/m1/s1. The molecule has 0 heterocycles. The van der Waals surface area contributed by atoms with Gasteiger partial charge in [0.1, 0.15) is 0 Å². The number of hydrogen-bond donors (Lipinski definition) is 0. The summed E-state index contributed by atoms with van der Waals surface area (Å²) in [4.78, 5) is 0. The fourth-order valence-electron chi connectivity index (χ4n) is 4.57. The van der Waals surface area contributed by atoms with E-state index in [1.54, 1.807) is 12.7 Å². The van der Waals surface area contributed by atoms with E-state index < -0.39 is 0 Å². The minimum Gasteiger partial charge on any atom is -0.501 e. The zero-order chi connectivity index (χ0) is 17.0. The van der Waals surface area contributed by atoms with Crippen LogP contribution in [0, 0.1) is 23.7 Å². The van der Waals surface area contributed by atoms with Crippen molar-refractivity contribution in [3.8, 4) is 0 Å². The van der Waals surface area contributed by atoms with Crippen LogP contribution in [0.2, 0.25) is 0 Å². The van der Waals surface area contributed by atoms with Crippen molar-refractivity contribution < 1.29 is 4.74 Å². The third-order valence-electron chi connectivity index (χ3n) is 6.15. The Bertz CT molecular complexity index is 508. The van der Waals surface area contributed by atoms with Crippen molar-refractivity contribution >= 4 is 0 Å². The largest absolute Gasteiger partial charge is 0.501 e. The molecule has 0 radical (unpaired) electrons. The van der Waals surface area contributed by atoms with E-state index in [9.17, 15) is 0 Å². The van der Waals surface area contributed by atoms with E-state index in [4.69, 9.17) is 4.74 Å². The molecule has 0 bridgehead atoms. The van der Waals surface area contributed by atoms with E-state index in [0.29, 0.717) is 11.8 Å². The zero-order valence-corrected chi connectivity index (χ0v) is 15.5. The van der Waals surface area contributed by atoms with Gasteiger partial charge in [0.2, 0.25) is 0 Å². The van der Waals surface area contributed by atoms with E-state index in [1.165, 1.54) is 36.8 Å². The maximum atomic E-state index is 5.58. The van der Waals surface area contributed by atoms with Gasteiger partial charge in [0.15, 0.2) is 0 Å². The Balaban J connectivity index is 2.26. The molecule has 0 aromatic carbocycles. The van der Waals surface area contributed by atoms with E-state index in [0.717, 1.165) is 30.4 Å². The topological polar surface area (TPSA) is 9.23 Å². The van der Waals surface area contributed by atoms with Crippen LogP contribution in [0.4, 0.5) is 0 Å². The SMILES string of the molecule is C=C(C)C1=CCC([C@@H]2CC=C(CC)CC2CC)C(C(=C)OC)C1. The molecule has 0 saturated heterocycles.